The van der Waals surface area contributed by atoms with Crippen molar-refractivity contribution >= 4 is 52.6 Å². The molecule has 1 nitrogen and oxygen atoms in total. The topological polar surface area (TPSA) is 12.4 Å². The minimum Gasteiger partial charge on any atom is -0.273 e. The van der Waals surface area contributed by atoms with Crippen LogP contribution in [-0.4, -0.2) is 21.4 Å². The van der Waals surface area contributed by atoms with Gasteiger partial charge in [0.15, 0.2) is 4.33 Å². The van der Waals surface area contributed by atoms with E-state index in [9.17, 15) is 0 Å². The van der Waals surface area contributed by atoms with Gasteiger partial charge in [-0.25, -0.2) is 0 Å². The maximum absolute atomic E-state index is 5.74. The summed E-state index contributed by atoms with van der Waals surface area (Å²) in [4.78, 5) is 3.81. The minimum absolute atomic E-state index is 0.276. The van der Waals surface area contributed by atoms with Crippen LogP contribution in [0.15, 0.2) is 4.99 Å². The standard InChI is InChI=1S/C5H5Cl4N/c6-3-1-5(8,9)2-10-4(3)7/h2-4H,1H2. The van der Waals surface area contributed by atoms with Crippen LogP contribution in [0.1, 0.15) is 6.42 Å². The van der Waals surface area contributed by atoms with Crippen molar-refractivity contribution in [3.05, 3.63) is 0 Å². The van der Waals surface area contributed by atoms with Gasteiger partial charge in [0, 0.05) is 12.6 Å². The molecule has 0 aromatic heterocycles. The molecule has 1 aliphatic rings. The lowest BCUT2D eigenvalue weighted by atomic mass is 10.2. The number of hydrogen-bond acceptors (Lipinski definition) is 1. The molecule has 0 amide bonds. The first kappa shape index (κ1) is 8.92. The van der Waals surface area contributed by atoms with Gasteiger partial charge in [0.2, 0.25) is 0 Å². The SMILES string of the molecule is ClC1CC(Cl)(Cl)C=NC1Cl. The second-order valence-corrected chi connectivity index (χ2v) is 4.68. The molecule has 0 bridgehead atoms. The van der Waals surface area contributed by atoms with Crippen molar-refractivity contribution in [3.8, 4) is 0 Å². The Bertz CT molecular complexity index is 156. The summed E-state index contributed by atoms with van der Waals surface area (Å²) in [5.74, 6) is 0. The Labute approximate surface area is 79.3 Å². The normalized spacial score (nSPS) is 38.0. The van der Waals surface area contributed by atoms with Crippen LogP contribution in [-0.2, 0) is 0 Å². The largest absolute Gasteiger partial charge is 0.273 e. The van der Waals surface area contributed by atoms with Gasteiger partial charge in [-0.3, -0.25) is 4.99 Å². The smallest absolute Gasteiger partial charge is 0.154 e. The Balaban J connectivity index is 2.69. The Kier molecular flexibility index (Phi) is 2.73. The van der Waals surface area contributed by atoms with Gasteiger partial charge in [0.1, 0.15) is 5.50 Å². The van der Waals surface area contributed by atoms with E-state index in [4.69, 9.17) is 46.4 Å². The summed E-state index contributed by atoms with van der Waals surface area (Å²) in [7, 11) is 0. The number of nitrogens with zero attached hydrogens (tertiary/aromatic N) is 1. The van der Waals surface area contributed by atoms with Gasteiger partial charge in [-0.1, -0.05) is 34.8 Å². The molecule has 58 valence electrons. The Hall–Kier alpha value is 0.830. The van der Waals surface area contributed by atoms with Crippen molar-refractivity contribution in [2.45, 2.75) is 21.6 Å². The van der Waals surface area contributed by atoms with E-state index in [2.05, 4.69) is 4.99 Å². The highest BCUT2D eigenvalue weighted by Crippen LogP contribution is 2.33. The average molecular weight is 221 g/mol. The van der Waals surface area contributed by atoms with Crippen molar-refractivity contribution < 1.29 is 0 Å². The van der Waals surface area contributed by atoms with Gasteiger partial charge in [-0.05, 0) is 0 Å². The average Bonchev–Trinajstić information content (AvgIpc) is 1.79. The molecule has 0 N–H and O–H groups in total. The monoisotopic (exact) mass is 219 g/mol. The summed E-state index contributed by atoms with van der Waals surface area (Å²) in [6, 6.07) is 0. The van der Waals surface area contributed by atoms with Crippen LogP contribution in [0.3, 0.4) is 0 Å². The first-order valence-electron chi connectivity index (χ1n) is 2.71. The molecule has 0 aliphatic carbocycles. The van der Waals surface area contributed by atoms with Crippen molar-refractivity contribution in [3.63, 3.8) is 0 Å². The predicted molar refractivity (Wildman–Crippen MR) is 46.8 cm³/mol. The van der Waals surface area contributed by atoms with E-state index in [0.29, 0.717) is 6.42 Å². The predicted octanol–water partition coefficient (Wildman–Crippen LogP) is 2.81. The highest BCUT2D eigenvalue weighted by Gasteiger charge is 2.33. The lowest BCUT2D eigenvalue weighted by Crippen LogP contribution is -2.30. The number of halogens is 4. The minimum atomic E-state index is -0.933. The third-order valence-corrected chi connectivity index (χ3v) is 2.61. The molecule has 10 heavy (non-hydrogen) atoms. The maximum atomic E-state index is 5.74. The molecule has 2 unspecified atom stereocenters. The molecule has 0 fully saturated rings. The van der Waals surface area contributed by atoms with Crippen molar-refractivity contribution in [2.24, 2.45) is 4.99 Å². The van der Waals surface area contributed by atoms with Crippen molar-refractivity contribution in [1.29, 1.82) is 0 Å². The summed E-state index contributed by atoms with van der Waals surface area (Å²) in [5.41, 5.74) is -0.396. The molecule has 0 spiro atoms. The molecular formula is C5H5Cl4N. The quantitative estimate of drug-likeness (QED) is 0.440. The Morgan fingerprint density at radius 2 is 2.00 bits per heavy atom. The fourth-order valence-corrected chi connectivity index (χ4v) is 1.74. The second-order valence-electron chi connectivity index (χ2n) is 2.13. The molecule has 0 saturated heterocycles. The van der Waals surface area contributed by atoms with Gasteiger partial charge in [-0.2, -0.15) is 0 Å². The van der Waals surface area contributed by atoms with E-state index in [0.717, 1.165) is 0 Å². The van der Waals surface area contributed by atoms with Gasteiger partial charge >= 0.3 is 0 Å². The molecule has 0 saturated carbocycles. The van der Waals surface area contributed by atoms with Crippen molar-refractivity contribution in [2.75, 3.05) is 0 Å². The Morgan fingerprint density at radius 3 is 2.40 bits per heavy atom. The van der Waals surface area contributed by atoms with E-state index >= 15 is 0 Å². The Morgan fingerprint density at radius 1 is 1.40 bits per heavy atom. The van der Waals surface area contributed by atoms with Crippen LogP contribution < -0.4 is 0 Å². The van der Waals surface area contributed by atoms with E-state index in [1.807, 2.05) is 0 Å². The number of rotatable bonds is 0. The zero-order valence-corrected chi connectivity index (χ0v) is 7.92. The zero-order valence-electron chi connectivity index (χ0n) is 4.90. The highest BCUT2D eigenvalue weighted by atomic mass is 35.5. The van der Waals surface area contributed by atoms with Crippen LogP contribution in [0.25, 0.3) is 0 Å². The zero-order chi connectivity index (χ0) is 7.78. The summed E-state index contributed by atoms with van der Waals surface area (Å²) in [6.45, 7) is 0. The van der Waals surface area contributed by atoms with Gasteiger partial charge in [0.05, 0.1) is 5.38 Å². The summed E-state index contributed by atoms with van der Waals surface area (Å²) in [6.07, 6.45) is 1.86. The molecule has 1 heterocycles. The van der Waals surface area contributed by atoms with E-state index < -0.39 is 9.83 Å². The van der Waals surface area contributed by atoms with Gasteiger partial charge < -0.3 is 0 Å². The fraction of sp³-hybridized carbons (Fsp3) is 0.800. The third kappa shape index (κ3) is 2.16. The number of hydrogen-bond donors (Lipinski definition) is 0. The second kappa shape index (κ2) is 3.06. The van der Waals surface area contributed by atoms with Crippen LogP contribution in [0.5, 0.6) is 0 Å². The van der Waals surface area contributed by atoms with E-state index in [1.165, 1.54) is 6.21 Å². The lowest BCUT2D eigenvalue weighted by Gasteiger charge is -2.24. The van der Waals surface area contributed by atoms with Crippen LogP contribution >= 0.6 is 46.4 Å². The lowest BCUT2D eigenvalue weighted by molar-refractivity contribution is 0.693. The van der Waals surface area contributed by atoms with Gasteiger partial charge in [0.25, 0.3) is 0 Å². The molecular weight excluding hydrogens is 216 g/mol. The van der Waals surface area contributed by atoms with E-state index in [1.54, 1.807) is 0 Å². The van der Waals surface area contributed by atoms with E-state index in [-0.39, 0.29) is 5.38 Å². The highest BCUT2D eigenvalue weighted by molar-refractivity contribution is 6.56. The van der Waals surface area contributed by atoms with Crippen LogP contribution in [0, 0.1) is 0 Å². The third-order valence-electron chi connectivity index (χ3n) is 1.17. The fourth-order valence-electron chi connectivity index (χ4n) is 0.684. The first-order chi connectivity index (χ1) is 4.51. The van der Waals surface area contributed by atoms with Gasteiger partial charge in [-0.15, -0.1) is 11.6 Å². The van der Waals surface area contributed by atoms with Crippen molar-refractivity contribution in [1.82, 2.24) is 0 Å². The molecule has 0 aromatic rings. The van der Waals surface area contributed by atoms with Crippen LogP contribution in [0.4, 0.5) is 0 Å². The first-order valence-corrected chi connectivity index (χ1v) is 4.34. The number of aliphatic imine (C=N–C) groups is 1. The summed E-state index contributed by atoms with van der Waals surface area (Å²) in [5, 5.41) is -0.276. The summed E-state index contributed by atoms with van der Waals surface area (Å²) >= 11 is 22.8. The molecule has 0 radical (unpaired) electrons. The molecule has 1 aliphatic heterocycles. The molecule has 1 rings (SSSR count). The summed E-state index contributed by atoms with van der Waals surface area (Å²) < 4.78 is -0.933. The van der Waals surface area contributed by atoms with Crippen LogP contribution in [0.2, 0.25) is 0 Å². The number of alkyl halides is 4. The molecule has 2 atom stereocenters. The molecule has 5 heteroatoms. The molecule has 0 aromatic carbocycles. The maximum Gasteiger partial charge on any atom is 0.154 e.